The summed E-state index contributed by atoms with van der Waals surface area (Å²) in [7, 11) is 0. The molecule has 2 amide bonds. The zero-order chi connectivity index (χ0) is 28.0. The predicted octanol–water partition coefficient (Wildman–Crippen LogP) is 1.36. The maximum Gasteiger partial charge on any atom is 0.312 e. The number of rotatable bonds is 15. The second kappa shape index (κ2) is 13.7. The van der Waals surface area contributed by atoms with Crippen LogP contribution in [-0.4, -0.2) is 126 Å². The number of morpholine rings is 1. The van der Waals surface area contributed by atoms with Crippen LogP contribution in [0, 0.1) is 11.8 Å². The number of hydrogen-bond acceptors (Lipinski definition) is 8. The van der Waals surface area contributed by atoms with Crippen LogP contribution in [0.15, 0.2) is 25.3 Å². The Morgan fingerprint density at radius 1 is 1.15 bits per heavy atom. The highest BCUT2D eigenvalue weighted by atomic mass is 79.9. The molecular weight excluding hydrogens is 570 g/mol. The van der Waals surface area contributed by atoms with Gasteiger partial charge in [-0.25, -0.2) is 0 Å². The van der Waals surface area contributed by atoms with Crippen molar-refractivity contribution in [3.8, 4) is 0 Å². The van der Waals surface area contributed by atoms with E-state index in [2.05, 4.69) is 34.0 Å². The second-order valence-electron chi connectivity index (χ2n) is 10.8. The highest BCUT2D eigenvalue weighted by Crippen LogP contribution is 2.60. The summed E-state index contributed by atoms with van der Waals surface area (Å²) in [4.78, 5) is 47.1. The molecular formula is C28H42BrN3O7. The molecule has 4 heterocycles. The van der Waals surface area contributed by atoms with Gasteiger partial charge in [-0.2, -0.15) is 0 Å². The molecule has 2 bridgehead atoms. The summed E-state index contributed by atoms with van der Waals surface area (Å²) >= 11 is 3.69. The number of esters is 1. The van der Waals surface area contributed by atoms with E-state index in [0.29, 0.717) is 58.7 Å². The van der Waals surface area contributed by atoms with Gasteiger partial charge >= 0.3 is 5.97 Å². The topological polar surface area (TPSA) is 109 Å². The zero-order valence-corrected chi connectivity index (χ0v) is 24.3. The number of halogens is 1. The zero-order valence-electron chi connectivity index (χ0n) is 22.7. The Hall–Kier alpha value is -1.79. The molecule has 4 aliphatic heterocycles. The van der Waals surface area contributed by atoms with Gasteiger partial charge in [-0.1, -0.05) is 47.5 Å². The normalized spacial score (nSPS) is 31.8. The van der Waals surface area contributed by atoms with E-state index in [9.17, 15) is 14.4 Å². The number of fused-ring (bicyclic) bond motifs is 1. The third-order valence-corrected chi connectivity index (χ3v) is 9.24. The number of ether oxygens (including phenoxy) is 3. The average Bonchev–Trinajstić information content (AvgIpc) is 3.53. The Balaban J connectivity index is 1.60. The summed E-state index contributed by atoms with van der Waals surface area (Å²) < 4.78 is 17.4. The van der Waals surface area contributed by atoms with E-state index < -0.39 is 35.6 Å². The largest absolute Gasteiger partial charge is 0.461 e. The SMILES string of the molecule is C=CCOC(=O)[C@H]1[C@@H]2OC3(CC2Br)C(C(=O)N(CC=C)CCN2CCOCC2)N(CCCCCCO)C(=O)[C@H]13. The summed E-state index contributed by atoms with van der Waals surface area (Å²) in [6.45, 7) is 12.6. The molecule has 6 atom stereocenters. The molecule has 39 heavy (non-hydrogen) atoms. The van der Waals surface area contributed by atoms with E-state index in [4.69, 9.17) is 19.3 Å². The molecule has 4 fully saturated rings. The lowest BCUT2D eigenvalue weighted by atomic mass is 9.70. The molecule has 0 aromatic heterocycles. The van der Waals surface area contributed by atoms with Crippen molar-refractivity contribution in [1.82, 2.24) is 14.7 Å². The third kappa shape index (κ3) is 6.12. The fourth-order valence-corrected chi connectivity index (χ4v) is 7.55. The average molecular weight is 613 g/mol. The fourth-order valence-electron chi connectivity index (χ4n) is 6.61. The number of hydrogen-bond donors (Lipinski definition) is 1. The standard InChI is InChI=1S/C28H42BrN3O7/c1-3-9-31(12-11-30-13-17-37-18-14-30)26(35)24-28-19-20(29)23(39-28)21(27(36)38-16-4-2)22(28)25(34)32(24)10-7-5-6-8-15-33/h3-4,20-24,33H,1-2,5-19H2/t20?,21-,22+,23-,24?,28?/m1/s1. The Morgan fingerprint density at radius 2 is 1.90 bits per heavy atom. The van der Waals surface area contributed by atoms with Crippen molar-refractivity contribution in [3.63, 3.8) is 0 Å². The van der Waals surface area contributed by atoms with Crippen molar-refractivity contribution in [3.05, 3.63) is 25.3 Å². The van der Waals surface area contributed by atoms with Crippen molar-refractivity contribution in [2.75, 3.05) is 65.7 Å². The fraction of sp³-hybridized carbons (Fsp3) is 0.750. The number of carbonyl (C=O) groups is 3. The van der Waals surface area contributed by atoms with E-state index in [1.54, 1.807) is 15.9 Å². The minimum atomic E-state index is -1.10. The number of aliphatic hydroxyl groups excluding tert-OH is 1. The first-order valence-electron chi connectivity index (χ1n) is 14.1. The summed E-state index contributed by atoms with van der Waals surface area (Å²) in [6.07, 6.45) is 6.18. The van der Waals surface area contributed by atoms with Gasteiger partial charge < -0.3 is 29.1 Å². The number of alkyl halides is 1. The second-order valence-corrected chi connectivity index (χ2v) is 12.0. The van der Waals surface area contributed by atoms with E-state index in [0.717, 1.165) is 25.9 Å². The van der Waals surface area contributed by atoms with Gasteiger partial charge in [-0.05, 0) is 19.3 Å². The first kappa shape index (κ1) is 30.2. The quantitative estimate of drug-likeness (QED) is 0.128. The molecule has 0 aromatic rings. The van der Waals surface area contributed by atoms with Gasteiger partial charge in [0.1, 0.15) is 18.2 Å². The lowest BCUT2D eigenvalue weighted by Gasteiger charge is -2.38. The van der Waals surface area contributed by atoms with Crippen LogP contribution in [0.3, 0.4) is 0 Å². The van der Waals surface area contributed by atoms with Gasteiger partial charge in [0, 0.05) is 50.7 Å². The van der Waals surface area contributed by atoms with E-state index in [1.807, 2.05) is 0 Å². The first-order chi connectivity index (χ1) is 18.9. The summed E-state index contributed by atoms with van der Waals surface area (Å²) in [6, 6.07) is -0.834. The molecule has 11 heteroatoms. The highest BCUT2D eigenvalue weighted by Gasteiger charge is 2.77. The van der Waals surface area contributed by atoms with Crippen molar-refractivity contribution in [2.24, 2.45) is 11.8 Å². The lowest BCUT2D eigenvalue weighted by Crippen LogP contribution is -2.57. The Bertz CT molecular complexity index is 914. The third-order valence-electron chi connectivity index (χ3n) is 8.40. The van der Waals surface area contributed by atoms with Crippen LogP contribution in [0.4, 0.5) is 0 Å². The van der Waals surface area contributed by atoms with Gasteiger partial charge in [0.05, 0.1) is 31.2 Å². The molecule has 0 aromatic carbocycles. The molecule has 4 rings (SSSR count). The Labute approximate surface area is 239 Å². The van der Waals surface area contributed by atoms with Crippen LogP contribution in [0.25, 0.3) is 0 Å². The monoisotopic (exact) mass is 611 g/mol. The number of carbonyl (C=O) groups excluding carboxylic acids is 3. The molecule has 0 saturated carbocycles. The molecule has 3 unspecified atom stereocenters. The van der Waals surface area contributed by atoms with Gasteiger partial charge in [-0.3, -0.25) is 19.3 Å². The van der Waals surface area contributed by atoms with Crippen LogP contribution < -0.4 is 0 Å². The molecule has 1 N–H and O–H groups in total. The van der Waals surface area contributed by atoms with E-state index in [1.165, 1.54) is 6.08 Å². The molecule has 1 spiro atoms. The van der Waals surface area contributed by atoms with Crippen molar-refractivity contribution >= 4 is 33.7 Å². The van der Waals surface area contributed by atoms with E-state index >= 15 is 0 Å². The van der Waals surface area contributed by atoms with Gasteiger partial charge in [-0.15, -0.1) is 6.58 Å². The molecule has 4 saturated heterocycles. The van der Waals surface area contributed by atoms with Crippen LogP contribution >= 0.6 is 15.9 Å². The minimum Gasteiger partial charge on any atom is -0.461 e. The molecule has 0 radical (unpaired) electrons. The first-order valence-corrected chi connectivity index (χ1v) is 15.0. The van der Waals surface area contributed by atoms with Crippen LogP contribution in [0.5, 0.6) is 0 Å². The summed E-state index contributed by atoms with van der Waals surface area (Å²) in [5.41, 5.74) is -1.10. The van der Waals surface area contributed by atoms with Crippen molar-refractivity contribution in [2.45, 2.75) is 54.7 Å². The van der Waals surface area contributed by atoms with Gasteiger partial charge in [0.15, 0.2) is 0 Å². The minimum absolute atomic E-state index is 0.0501. The summed E-state index contributed by atoms with van der Waals surface area (Å²) in [5.74, 6) is -2.44. The molecule has 218 valence electrons. The number of nitrogens with zero attached hydrogens (tertiary/aromatic N) is 3. The smallest absolute Gasteiger partial charge is 0.312 e. The number of amides is 2. The molecule has 4 aliphatic rings. The Morgan fingerprint density at radius 3 is 2.59 bits per heavy atom. The van der Waals surface area contributed by atoms with Crippen LogP contribution in [0.1, 0.15) is 32.1 Å². The van der Waals surface area contributed by atoms with Crippen molar-refractivity contribution < 1.29 is 33.7 Å². The van der Waals surface area contributed by atoms with Gasteiger partial charge in [0.25, 0.3) is 0 Å². The van der Waals surface area contributed by atoms with Gasteiger partial charge in [0.2, 0.25) is 11.8 Å². The number of likely N-dealkylation sites (tertiary alicyclic amines) is 1. The predicted molar refractivity (Wildman–Crippen MR) is 148 cm³/mol. The number of unbranched alkanes of at least 4 members (excludes halogenated alkanes) is 3. The lowest BCUT2D eigenvalue weighted by molar-refractivity contribution is -0.154. The van der Waals surface area contributed by atoms with Crippen LogP contribution in [-0.2, 0) is 28.6 Å². The number of aliphatic hydroxyl groups is 1. The molecule has 10 nitrogen and oxygen atoms in total. The van der Waals surface area contributed by atoms with Crippen molar-refractivity contribution in [1.29, 1.82) is 0 Å². The highest BCUT2D eigenvalue weighted by molar-refractivity contribution is 9.09. The molecule has 0 aliphatic carbocycles. The maximum absolute atomic E-state index is 14.4. The van der Waals surface area contributed by atoms with Crippen LogP contribution in [0.2, 0.25) is 0 Å². The summed E-state index contributed by atoms with van der Waals surface area (Å²) in [5, 5.41) is 9.13. The maximum atomic E-state index is 14.4. The van der Waals surface area contributed by atoms with E-state index in [-0.39, 0.29) is 29.9 Å². The Kier molecular flexibility index (Phi) is 10.6.